The Bertz CT molecular complexity index is 535. The molecule has 0 aliphatic carbocycles. The Morgan fingerprint density at radius 3 is 2.85 bits per heavy atom. The summed E-state index contributed by atoms with van der Waals surface area (Å²) in [5.41, 5.74) is 0.533. The molecule has 2 heterocycles. The van der Waals surface area contributed by atoms with Gasteiger partial charge in [-0.1, -0.05) is 6.92 Å². The van der Waals surface area contributed by atoms with Gasteiger partial charge in [0, 0.05) is 12.7 Å². The van der Waals surface area contributed by atoms with Gasteiger partial charge in [0.15, 0.2) is 0 Å². The normalized spacial score (nSPS) is 11.9. The summed E-state index contributed by atoms with van der Waals surface area (Å²) in [4.78, 5) is 16.3. The highest BCUT2D eigenvalue weighted by atomic mass is 16.3. The maximum absolute atomic E-state index is 12.1. The van der Waals surface area contributed by atoms with E-state index in [1.807, 2.05) is 19.1 Å². The maximum Gasteiger partial charge on any atom is 0.253 e. The number of amides is 1. The van der Waals surface area contributed by atoms with Gasteiger partial charge in [0.2, 0.25) is 0 Å². The second-order valence-corrected chi connectivity index (χ2v) is 4.57. The van der Waals surface area contributed by atoms with Gasteiger partial charge in [-0.2, -0.15) is 0 Å². The van der Waals surface area contributed by atoms with E-state index in [1.54, 1.807) is 24.6 Å². The van der Waals surface area contributed by atoms with E-state index in [0.29, 0.717) is 5.56 Å². The molecule has 0 aliphatic heterocycles. The Morgan fingerprint density at radius 2 is 2.25 bits per heavy atom. The molecule has 0 saturated heterocycles. The van der Waals surface area contributed by atoms with E-state index in [0.717, 1.165) is 24.5 Å². The molecule has 2 N–H and O–H groups in total. The average Bonchev–Trinajstić information content (AvgIpc) is 3.00. The van der Waals surface area contributed by atoms with Gasteiger partial charge in [0.05, 0.1) is 17.9 Å². The number of hydrogen-bond acceptors (Lipinski definition) is 4. The first kappa shape index (κ1) is 14.1. The van der Waals surface area contributed by atoms with E-state index >= 15 is 0 Å². The Labute approximate surface area is 118 Å². The van der Waals surface area contributed by atoms with Crippen molar-refractivity contribution in [1.29, 1.82) is 0 Å². The molecule has 2 rings (SSSR count). The van der Waals surface area contributed by atoms with Gasteiger partial charge in [-0.05, 0) is 37.6 Å². The van der Waals surface area contributed by atoms with Crippen LogP contribution in [-0.4, -0.2) is 17.4 Å². The van der Waals surface area contributed by atoms with Crippen LogP contribution < -0.4 is 10.6 Å². The lowest BCUT2D eigenvalue weighted by atomic mass is 10.2. The van der Waals surface area contributed by atoms with Gasteiger partial charge < -0.3 is 15.1 Å². The van der Waals surface area contributed by atoms with Crippen molar-refractivity contribution in [3.63, 3.8) is 0 Å². The lowest BCUT2D eigenvalue weighted by molar-refractivity contribution is 0.0935. The molecular formula is C15H19N3O2. The van der Waals surface area contributed by atoms with Crippen molar-refractivity contribution < 1.29 is 9.21 Å². The maximum atomic E-state index is 12.1. The summed E-state index contributed by atoms with van der Waals surface area (Å²) in [6.45, 7) is 4.83. The molecule has 1 amide bonds. The van der Waals surface area contributed by atoms with Crippen LogP contribution in [-0.2, 0) is 0 Å². The van der Waals surface area contributed by atoms with Crippen LogP contribution in [0.4, 0.5) is 5.82 Å². The molecule has 0 radical (unpaired) electrons. The quantitative estimate of drug-likeness (QED) is 0.849. The molecule has 20 heavy (non-hydrogen) atoms. The van der Waals surface area contributed by atoms with Gasteiger partial charge in [-0.15, -0.1) is 0 Å². The standard InChI is InChI=1S/C15H19N3O2/c1-3-8-16-14-7-6-12(10-17-14)15(19)18-11(2)13-5-4-9-20-13/h4-7,9-11H,3,8H2,1-2H3,(H,16,17)(H,18,19). The number of carbonyl (C=O) groups is 1. The van der Waals surface area contributed by atoms with Crippen molar-refractivity contribution in [3.8, 4) is 0 Å². The van der Waals surface area contributed by atoms with E-state index in [2.05, 4.69) is 22.5 Å². The van der Waals surface area contributed by atoms with Crippen molar-refractivity contribution in [3.05, 3.63) is 48.0 Å². The number of rotatable bonds is 6. The minimum atomic E-state index is -0.171. The molecule has 2 aromatic rings. The molecule has 0 fully saturated rings. The summed E-state index contributed by atoms with van der Waals surface area (Å²) in [7, 11) is 0. The average molecular weight is 273 g/mol. The van der Waals surface area contributed by atoms with Gasteiger partial charge in [-0.3, -0.25) is 4.79 Å². The summed E-state index contributed by atoms with van der Waals surface area (Å²) in [6, 6.07) is 7.03. The molecule has 1 atom stereocenters. The van der Waals surface area contributed by atoms with Crippen molar-refractivity contribution in [2.24, 2.45) is 0 Å². The minimum absolute atomic E-state index is 0.163. The fourth-order valence-electron chi connectivity index (χ4n) is 1.77. The van der Waals surface area contributed by atoms with Gasteiger partial charge >= 0.3 is 0 Å². The Kier molecular flexibility index (Phi) is 4.76. The predicted molar refractivity (Wildman–Crippen MR) is 77.6 cm³/mol. The monoisotopic (exact) mass is 273 g/mol. The van der Waals surface area contributed by atoms with Crippen LogP contribution in [0.1, 0.15) is 42.4 Å². The molecular weight excluding hydrogens is 254 g/mol. The third-order valence-electron chi connectivity index (χ3n) is 2.90. The highest BCUT2D eigenvalue weighted by molar-refractivity contribution is 5.94. The molecule has 0 aliphatic rings. The minimum Gasteiger partial charge on any atom is -0.467 e. The van der Waals surface area contributed by atoms with Crippen LogP contribution in [0.5, 0.6) is 0 Å². The lowest BCUT2D eigenvalue weighted by Crippen LogP contribution is -2.26. The Morgan fingerprint density at radius 1 is 1.40 bits per heavy atom. The molecule has 5 heteroatoms. The van der Waals surface area contributed by atoms with E-state index in [9.17, 15) is 4.79 Å². The Hall–Kier alpha value is -2.30. The largest absolute Gasteiger partial charge is 0.467 e. The number of nitrogens with one attached hydrogen (secondary N) is 2. The van der Waals surface area contributed by atoms with Crippen molar-refractivity contribution in [1.82, 2.24) is 10.3 Å². The lowest BCUT2D eigenvalue weighted by Gasteiger charge is -2.11. The zero-order valence-corrected chi connectivity index (χ0v) is 11.7. The zero-order valence-electron chi connectivity index (χ0n) is 11.7. The first-order chi connectivity index (χ1) is 9.70. The zero-order chi connectivity index (χ0) is 14.4. The van der Waals surface area contributed by atoms with Crippen LogP contribution in [0.2, 0.25) is 0 Å². The first-order valence-electron chi connectivity index (χ1n) is 6.75. The van der Waals surface area contributed by atoms with E-state index in [4.69, 9.17) is 4.42 Å². The summed E-state index contributed by atoms with van der Waals surface area (Å²) < 4.78 is 5.26. The number of pyridine rings is 1. The topological polar surface area (TPSA) is 67.2 Å². The molecule has 106 valence electrons. The predicted octanol–water partition coefficient (Wildman–Crippen LogP) is 2.99. The summed E-state index contributed by atoms with van der Waals surface area (Å²) >= 11 is 0. The number of furan rings is 1. The SMILES string of the molecule is CCCNc1ccc(C(=O)NC(C)c2ccco2)cn1. The molecule has 0 saturated carbocycles. The summed E-state index contributed by atoms with van der Waals surface area (Å²) in [6.07, 6.45) is 4.19. The molecule has 5 nitrogen and oxygen atoms in total. The van der Waals surface area contributed by atoms with Crippen LogP contribution >= 0.6 is 0 Å². The summed E-state index contributed by atoms with van der Waals surface area (Å²) in [5.74, 6) is 1.35. The number of aromatic nitrogens is 1. The third-order valence-corrected chi connectivity index (χ3v) is 2.90. The number of hydrogen-bond donors (Lipinski definition) is 2. The van der Waals surface area contributed by atoms with Gasteiger partial charge in [-0.25, -0.2) is 4.98 Å². The number of anilines is 1. The van der Waals surface area contributed by atoms with E-state index in [1.165, 1.54) is 0 Å². The Balaban J connectivity index is 1.95. The number of nitrogens with zero attached hydrogens (tertiary/aromatic N) is 1. The first-order valence-corrected chi connectivity index (χ1v) is 6.75. The molecule has 0 spiro atoms. The second-order valence-electron chi connectivity index (χ2n) is 4.57. The van der Waals surface area contributed by atoms with Crippen molar-refractivity contribution >= 4 is 11.7 Å². The van der Waals surface area contributed by atoms with Gasteiger partial charge in [0.25, 0.3) is 5.91 Å². The smallest absolute Gasteiger partial charge is 0.253 e. The van der Waals surface area contributed by atoms with Crippen LogP contribution in [0.25, 0.3) is 0 Å². The van der Waals surface area contributed by atoms with Crippen LogP contribution in [0.3, 0.4) is 0 Å². The molecule has 1 unspecified atom stereocenters. The fraction of sp³-hybridized carbons (Fsp3) is 0.333. The highest BCUT2D eigenvalue weighted by Gasteiger charge is 2.13. The molecule has 0 bridgehead atoms. The van der Waals surface area contributed by atoms with Crippen molar-refractivity contribution in [2.45, 2.75) is 26.3 Å². The number of carbonyl (C=O) groups excluding carboxylic acids is 1. The van der Waals surface area contributed by atoms with E-state index in [-0.39, 0.29) is 11.9 Å². The summed E-state index contributed by atoms with van der Waals surface area (Å²) in [5, 5.41) is 6.03. The van der Waals surface area contributed by atoms with Crippen LogP contribution in [0, 0.1) is 0 Å². The highest BCUT2D eigenvalue weighted by Crippen LogP contribution is 2.13. The van der Waals surface area contributed by atoms with E-state index < -0.39 is 0 Å². The van der Waals surface area contributed by atoms with Crippen molar-refractivity contribution in [2.75, 3.05) is 11.9 Å². The third kappa shape index (κ3) is 3.60. The van der Waals surface area contributed by atoms with Crippen LogP contribution in [0.15, 0.2) is 41.1 Å². The molecule has 2 aromatic heterocycles. The van der Waals surface area contributed by atoms with Gasteiger partial charge in [0.1, 0.15) is 11.6 Å². The fourth-order valence-corrected chi connectivity index (χ4v) is 1.77. The molecule has 0 aromatic carbocycles. The second kappa shape index (κ2) is 6.75.